The molecular weight excluding hydrogens is 663 g/mol. The third-order valence-electron chi connectivity index (χ3n) is 10.2. The monoisotopic (exact) mass is 719 g/mol. The van der Waals surface area contributed by atoms with Crippen molar-refractivity contribution in [2.45, 2.75) is 78.6 Å². The first kappa shape index (κ1) is 39.0. The van der Waals surface area contributed by atoms with Gasteiger partial charge in [-0.05, 0) is 103 Å². The molecule has 6 aromatic rings. The fourth-order valence-corrected chi connectivity index (χ4v) is 6.51. The standard InChI is InChI=1S/C54H57N/c1-52(2,3)46-28-16-40(17-29-46)10-13-43-22-34-49(35-23-43)55(50-36-24-44(25-37-50)14-11-41-18-30-47(31-19-41)53(4,5)6)51-38-26-45(27-39-51)15-12-42-20-32-48(33-21-42)54(7,8)9/h10-39H,1-9H3. The fourth-order valence-electron chi connectivity index (χ4n) is 6.51. The van der Waals surface area contributed by atoms with Crippen LogP contribution in [-0.2, 0) is 16.2 Å². The van der Waals surface area contributed by atoms with Crippen LogP contribution in [0.3, 0.4) is 0 Å². The van der Waals surface area contributed by atoms with Gasteiger partial charge >= 0.3 is 0 Å². The van der Waals surface area contributed by atoms with Crippen molar-refractivity contribution in [1.29, 1.82) is 0 Å². The van der Waals surface area contributed by atoms with E-state index in [1.54, 1.807) is 0 Å². The first-order chi connectivity index (χ1) is 26.1. The summed E-state index contributed by atoms with van der Waals surface area (Å²) in [5, 5.41) is 0. The van der Waals surface area contributed by atoms with Crippen LogP contribution in [0.4, 0.5) is 17.1 Å². The second-order valence-corrected chi connectivity index (χ2v) is 17.7. The molecule has 0 saturated heterocycles. The molecule has 55 heavy (non-hydrogen) atoms. The number of benzene rings is 6. The van der Waals surface area contributed by atoms with Crippen LogP contribution in [0.25, 0.3) is 36.5 Å². The van der Waals surface area contributed by atoms with Crippen molar-refractivity contribution in [3.63, 3.8) is 0 Å². The van der Waals surface area contributed by atoms with Crippen LogP contribution in [0, 0.1) is 0 Å². The van der Waals surface area contributed by atoms with E-state index in [1.807, 2.05) is 0 Å². The minimum absolute atomic E-state index is 0.149. The van der Waals surface area contributed by atoms with E-state index >= 15 is 0 Å². The van der Waals surface area contributed by atoms with Crippen molar-refractivity contribution in [3.05, 3.63) is 196 Å². The largest absolute Gasteiger partial charge is 0.311 e. The van der Waals surface area contributed by atoms with Gasteiger partial charge in [-0.15, -0.1) is 0 Å². The van der Waals surface area contributed by atoms with E-state index in [2.05, 4.69) is 249 Å². The summed E-state index contributed by atoms with van der Waals surface area (Å²) in [6.07, 6.45) is 13.1. The number of hydrogen-bond acceptors (Lipinski definition) is 1. The summed E-state index contributed by atoms with van der Waals surface area (Å²) in [4.78, 5) is 2.33. The van der Waals surface area contributed by atoms with Crippen LogP contribution in [0.5, 0.6) is 0 Å². The van der Waals surface area contributed by atoms with Crippen LogP contribution in [0.2, 0.25) is 0 Å². The number of anilines is 3. The van der Waals surface area contributed by atoms with Crippen molar-refractivity contribution >= 4 is 53.5 Å². The maximum Gasteiger partial charge on any atom is 0.0462 e. The smallest absolute Gasteiger partial charge is 0.0462 e. The molecule has 0 spiro atoms. The molecule has 278 valence electrons. The van der Waals surface area contributed by atoms with Crippen molar-refractivity contribution < 1.29 is 0 Å². The highest BCUT2D eigenvalue weighted by atomic mass is 15.1. The first-order valence-corrected chi connectivity index (χ1v) is 19.6. The average molecular weight is 720 g/mol. The summed E-state index contributed by atoms with van der Waals surface area (Å²) in [6, 6.07) is 53.1. The summed E-state index contributed by atoms with van der Waals surface area (Å²) in [6.45, 7) is 20.3. The van der Waals surface area contributed by atoms with Gasteiger partial charge in [0.15, 0.2) is 0 Å². The topological polar surface area (TPSA) is 3.24 Å². The molecule has 6 rings (SSSR count). The highest BCUT2D eigenvalue weighted by molar-refractivity contribution is 5.80. The van der Waals surface area contributed by atoms with E-state index in [0.717, 1.165) is 33.8 Å². The third kappa shape index (κ3) is 10.5. The molecule has 0 atom stereocenters. The SMILES string of the molecule is CC(C)(C)c1ccc(C=Cc2ccc(N(c3ccc(C=Cc4ccc(C(C)(C)C)cc4)cc3)c3ccc(C=Cc4ccc(C(C)(C)C)cc4)cc3)cc2)cc1. The Bertz CT molecular complexity index is 1960. The molecule has 0 aliphatic heterocycles. The number of hydrogen-bond donors (Lipinski definition) is 0. The van der Waals surface area contributed by atoms with Gasteiger partial charge in [-0.2, -0.15) is 0 Å². The molecule has 1 nitrogen and oxygen atoms in total. The Hall–Kier alpha value is -5.66. The van der Waals surface area contributed by atoms with Gasteiger partial charge in [0.1, 0.15) is 0 Å². The fraction of sp³-hybridized carbons (Fsp3) is 0.222. The second-order valence-electron chi connectivity index (χ2n) is 17.7. The first-order valence-electron chi connectivity index (χ1n) is 19.6. The molecule has 0 radical (unpaired) electrons. The summed E-state index contributed by atoms with van der Waals surface area (Å²) in [5.74, 6) is 0. The van der Waals surface area contributed by atoms with Crippen LogP contribution < -0.4 is 4.90 Å². The zero-order valence-corrected chi connectivity index (χ0v) is 34.3. The van der Waals surface area contributed by atoms with Crippen LogP contribution in [0.1, 0.15) is 112 Å². The summed E-state index contributed by atoms with van der Waals surface area (Å²) >= 11 is 0. The van der Waals surface area contributed by atoms with E-state index in [4.69, 9.17) is 0 Å². The van der Waals surface area contributed by atoms with Gasteiger partial charge in [0, 0.05) is 17.1 Å². The molecule has 0 aliphatic rings. The molecule has 0 saturated carbocycles. The summed E-state index contributed by atoms with van der Waals surface area (Å²) in [5.41, 5.74) is 14.9. The van der Waals surface area contributed by atoms with Crippen LogP contribution >= 0.6 is 0 Å². The Morgan fingerprint density at radius 1 is 0.255 bits per heavy atom. The Morgan fingerprint density at radius 2 is 0.418 bits per heavy atom. The highest BCUT2D eigenvalue weighted by Crippen LogP contribution is 2.36. The zero-order valence-electron chi connectivity index (χ0n) is 34.3. The van der Waals surface area contributed by atoms with Gasteiger partial charge in [0.05, 0.1) is 0 Å². The molecule has 0 unspecified atom stereocenters. The lowest BCUT2D eigenvalue weighted by molar-refractivity contribution is 0.590. The molecule has 6 aromatic carbocycles. The van der Waals surface area contributed by atoms with E-state index in [-0.39, 0.29) is 16.2 Å². The quantitative estimate of drug-likeness (QED) is 0.135. The normalized spacial score (nSPS) is 12.6. The number of nitrogens with zero attached hydrogens (tertiary/aromatic N) is 1. The Labute approximate surface area is 331 Å². The van der Waals surface area contributed by atoms with Gasteiger partial charge in [0.25, 0.3) is 0 Å². The van der Waals surface area contributed by atoms with Crippen molar-refractivity contribution in [1.82, 2.24) is 0 Å². The lowest BCUT2D eigenvalue weighted by Gasteiger charge is -2.26. The molecule has 0 N–H and O–H groups in total. The van der Waals surface area contributed by atoms with Gasteiger partial charge in [-0.25, -0.2) is 0 Å². The molecule has 0 fully saturated rings. The second kappa shape index (κ2) is 16.4. The molecular formula is C54H57N. The van der Waals surface area contributed by atoms with Crippen molar-refractivity contribution in [3.8, 4) is 0 Å². The lowest BCUT2D eigenvalue weighted by atomic mass is 9.87. The maximum absolute atomic E-state index is 2.33. The average Bonchev–Trinajstić information content (AvgIpc) is 3.16. The van der Waals surface area contributed by atoms with E-state index in [1.165, 1.54) is 33.4 Å². The minimum Gasteiger partial charge on any atom is -0.311 e. The van der Waals surface area contributed by atoms with Gasteiger partial charge in [-0.3, -0.25) is 0 Å². The Morgan fingerprint density at radius 3 is 0.582 bits per heavy atom. The molecule has 1 heteroatoms. The van der Waals surface area contributed by atoms with Crippen molar-refractivity contribution in [2.24, 2.45) is 0 Å². The maximum atomic E-state index is 2.33. The molecule has 0 amide bonds. The predicted molar refractivity (Wildman–Crippen MR) is 243 cm³/mol. The van der Waals surface area contributed by atoms with E-state index < -0.39 is 0 Å². The highest BCUT2D eigenvalue weighted by Gasteiger charge is 2.15. The lowest BCUT2D eigenvalue weighted by Crippen LogP contribution is -2.10. The number of rotatable bonds is 9. The van der Waals surface area contributed by atoms with Gasteiger partial charge in [0.2, 0.25) is 0 Å². The zero-order chi connectivity index (χ0) is 39.2. The van der Waals surface area contributed by atoms with E-state index in [9.17, 15) is 0 Å². The molecule has 0 aromatic heterocycles. The van der Waals surface area contributed by atoms with Gasteiger partial charge in [-0.1, -0.05) is 208 Å². The van der Waals surface area contributed by atoms with E-state index in [0.29, 0.717) is 0 Å². The van der Waals surface area contributed by atoms with Crippen LogP contribution in [0.15, 0.2) is 146 Å². The predicted octanol–water partition coefficient (Wildman–Crippen LogP) is 15.6. The minimum atomic E-state index is 0.149. The Balaban J connectivity index is 1.24. The molecule has 0 aliphatic carbocycles. The summed E-state index contributed by atoms with van der Waals surface area (Å²) < 4.78 is 0. The van der Waals surface area contributed by atoms with Crippen LogP contribution in [-0.4, -0.2) is 0 Å². The molecule has 0 heterocycles. The van der Waals surface area contributed by atoms with Gasteiger partial charge < -0.3 is 4.90 Å². The summed E-state index contributed by atoms with van der Waals surface area (Å²) in [7, 11) is 0. The van der Waals surface area contributed by atoms with Crippen molar-refractivity contribution in [2.75, 3.05) is 4.90 Å². The molecule has 0 bridgehead atoms. The Kier molecular flexibility index (Phi) is 11.6. The third-order valence-corrected chi connectivity index (χ3v) is 10.2.